The van der Waals surface area contributed by atoms with Crippen LogP contribution in [0.5, 0.6) is 0 Å². The number of fused-ring (bicyclic) bond motifs is 1. The number of aromatic nitrogens is 3. The van der Waals surface area contributed by atoms with E-state index in [1.54, 1.807) is 7.11 Å². The van der Waals surface area contributed by atoms with Crippen LogP contribution in [0.1, 0.15) is 37.0 Å². The third-order valence-corrected chi connectivity index (χ3v) is 6.30. The number of guanidine groups is 1. The molecule has 3 heterocycles. The van der Waals surface area contributed by atoms with Gasteiger partial charge in [0.15, 0.2) is 11.8 Å². The summed E-state index contributed by atoms with van der Waals surface area (Å²) in [6, 6.07) is 11.1. The fraction of sp³-hybridized carbons (Fsp3) is 0.625. The Morgan fingerprint density at radius 2 is 2.09 bits per heavy atom. The molecule has 1 aromatic heterocycles. The van der Waals surface area contributed by atoms with Crippen LogP contribution in [0, 0.1) is 5.92 Å². The van der Waals surface area contributed by atoms with Gasteiger partial charge in [-0.05, 0) is 44.2 Å². The Balaban J connectivity index is 1.25. The average molecular weight is 440 g/mol. The van der Waals surface area contributed by atoms with Gasteiger partial charge in [-0.3, -0.25) is 4.99 Å². The van der Waals surface area contributed by atoms with Crippen LogP contribution in [0.4, 0.5) is 0 Å². The summed E-state index contributed by atoms with van der Waals surface area (Å²) < 4.78 is 7.18. The van der Waals surface area contributed by atoms with Crippen LogP contribution in [0.2, 0.25) is 0 Å². The Bertz CT molecular complexity index is 866. The zero-order chi connectivity index (χ0) is 22.2. The van der Waals surface area contributed by atoms with E-state index in [1.807, 2.05) is 4.68 Å². The van der Waals surface area contributed by atoms with Gasteiger partial charge in [0.1, 0.15) is 12.4 Å². The van der Waals surface area contributed by atoms with Crippen molar-refractivity contribution in [1.29, 1.82) is 0 Å². The van der Waals surface area contributed by atoms with E-state index in [1.165, 1.54) is 18.5 Å². The number of aliphatic imine (C=N–C) groups is 1. The molecular weight excluding hydrogens is 402 g/mol. The van der Waals surface area contributed by atoms with E-state index in [4.69, 9.17) is 9.73 Å². The Labute approximate surface area is 191 Å². The van der Waals surface area contributed by atoms with Crippen LogP contribution < -0.4 is 10.6 Å². The number of likely N-dealkylation sites (tertiary alicyclic amines) is 1. The summed E-state index contributed by atoms with van der Waals surface area (Å²) in [5.74, 6) is 3.37. The fourth-order valence-electron chi connectivity index (χ4n) is 4.60. The third-order valence-electron chi connectivity index (χ3n) is 6.30. The number of hydrogen-bond donors (Lipinski definition) is 2. The van der Waals surface area contributed by atoms with E-state index in [-0.39, 0.29) is 0 Å². The molecule has 2 atom stereocenters. The summed E-state index contributed by atoms with van der Waals surface area (Å²) >= 11 is 0. The number of hydrogen-bond acceptors (Lipinski definition) is 5. The maximum atomic E-state index is 5.17. The van der Waals surface area contributed by atoms with Gasteiger partial charge < -0.3 is 20.3 Å². The molecule has 2 N–H and O–H groups in total. The smallest absolute Gasteiger partial charge is 0.191 e. The molecule has 0 aliphatic carbocycles. The van der Waals surface area contributed by atoms with Gasteiger partial charge in [0, 0.05) is 45.8 Å². The topological polar surface area (TPSA) is 79.6 Å². The number of nitrogens with one attached hydrogen (secondary N) is 2. The lowest BCUT2D eigenvalue weighted by Crippen LogP contribution is -2.47. The second-order valence-corrected chi connectivity index (χ2v) is 8.85. The van der Waals surface area contributed by atoms with Gasteiger partial charge in [0.05, 0.1) is 6.54 Å². The van der Waals surface area contributed by atoms with Gasteiger partial charge in [-0.1, -0.05) is 30.3 Å². The highest BCUT2D eigenvalue weighted by atomic mass is 16.5. The number of nitrogens with zero attached hydrogens (tertiary/aromatic N) is 5. The van der Waals surface area contributed by atoms with Crippen molar-refractivity contribution in [3.8, 4) is 0 Å². The second-order valence-electron chi connectivity index (χ2n) is 8.85. The molecule has 2 aliphatic rings. The maximum Gasteiger partial charge on any atom is 0.191 e. The Morgan fingerprint density at radius 3 is 2.91 bits per heavy atom. The number of ether oxygens (including phenoxy) is 1. The van der Waals surface area contributed by atoms with Crippen molar-refractivity contribution >= 4 is 5.96 Å². The lowest BCUT2D eigenvalue weighted by Gasteiger charge is -2.25. The van der Waals surface area contributed by atoms with Gasteiger partial charge in [-0.2, -0.15) is 5.10 Å². The summed E-state index contributed by atoms with van der Waals surface area (Å²) in [5, 5.41) is 11.6. The summed E-state index contributed by atoms with van der Waals surface area (Å²) in [5.41, 5.74) is 1.42. The lowest BCUT2D eigenvalue weighted by molar-refractivity contribution is 0.177. The van der Waals surface area contributed by atoms with Crippen LogP contribution in [0.25, 0.3) is 0 Å². The molecule has 1 aromatic carbocycles. The van der Waals surface area contributed by atoms with E-state index in [0.29, 0.717) is 18.6 Å². The first-order valence-electron chi connectivity index (χ1n) is 12.0. The molecule has 0 radical (unpaired) electrons. The maximum absolute atomic E-state index is 5.17. The van der Waals surface area contributed by atoms with Crippen molar-refractivity contribution in [2.75, 3.05) is 39.8 Å². The standard InChI is InChI=1S/C24H37N7O/c1-3-25-24(27-21-9-10-23-28-22(18-32-2)29-31(23)17-21)26-15-20-12-14-30(16-20)13-11-19-7-5-4-6-8-19/h4-8,20-21H,3,9-18H2,1-2H3,(H2,25,26,27). The molecular formula is C24H37N7O. The molecule has 0 amide bonds. The molecule has 2 unspecified atom stereocenters. The Hall–Kier alpha value is -2.45. The zero-order valence-electron chi connectivity index (χ0n) is 19.5. The molecule has 2 aliphatic heterocycles. The number of benzene rings is 1. The summed E-state index contributed by atoms with van der Waals surface area (Å²) in [6.45, 7) is 8.58. The molecule has 8 nitrogen and oxygen atoms in total. The minimum absolute atomic E-state index is 0.309. The molecule has 2 aromatic rings. The van der Waals surface area contributed by atoms with Crippen LogP contribution in [-0.4, -0.2) is 71.5 Å². The molecule has 4 rings (SSSR count). The highest BCUT2D eigenvalue weighted by Gasteiger charge is 2.24. The predicted molar refractivity (Wildman–Crippen MR) is 127 cm³/mol. The van der Waals surface area contributed by atoms with Gasteiger partial charge in [0.2, 0.25) is 0 Å². The van der Waals surface area contributed by atoms with Gasteiger partial charge in [0.25, 0.3) is 0 Å². The van der Waals surface area contributed by atoms with Crippen LogP contribution in [0.15, 0.2) is 35.3 Å². The number of rotatable bonds is 9. The van der Waals surface area contributed by atoms with Gasteiger partial charge in [-0.15, -0.1) is 0 Å². The SMILES string of the molecule is CCNC(=NCC1CCN(CCc2ccccc2)C1)NC1CCc2nc(COC)nn2C1. The highest BCUT2D eigenvalue weighted by Crippen LogP contribution is 2.17. The van der Waals surface area contributed by atoms with Crippen LogP contribution >= 0.6 is 0 Å². The van der Waals surface area contributed by atoms with E-state index in [2.05, 4.69) is 62.9 Å². The monoisotopic (exact) mass is 439 g/mol. The van der Waals surface area contributed by atoms with Crippen molar-refractivity contribution in [1.82, 2.24) is 30.3 Å². The first kappa shape index (κ1) is 22.7. The Kier molecular flexibility index (Phi) is 8.12. The van der Waals surface area contributed by atoms with E-state index in [0.717, 1.165) is 69.6 Å². The molecule has 0 bridgehead atoms. The first-order chi connectivity index (χ1) is 15.7. The minimum atomic E-state index is 0.309. The van der Waals surface area contributed by atoms with E-state index >= 15 is 0 Å². The molecule has 0 spiro atoms. The molecule has 1 saturated heterocycles. The Morgan fingerprint density at radius 1 is 1.22 bits per heavy atom. The molecule has 0 saturated carbocycles. The fourth-order valence-corrected chi connectivity index (χ4v) is 4.60. The van der Waals surface area contributed by atoms with Crippen LogP contribution in [0.3, 0.4) is 0 Å². The quantitative estimate of drug-likeness (QED) is 0.459. The van der Waals surface area contributed by atoms with Crippen LogP contribution in [-0.2, 0) is 30.7 Å². The average Bonchev–Trinajstić information content (AvgIpc) is 3.43. The molecule has 174 valence electrons. The van der Waals surface area contributed by atoms with Gasteiger partial charge in [-0.25, -0.2) is 9.67 Å². The predicted octanol–water partition coefficient (Wildman–Crippen LogP) is 1.86. The van der Waals surface area contributed by atoms with Crippen molar-refractivity contribution in [3.63, 3.8) is 0 Å². The number of aryl methyl sites for hydroxylation is 1. The summed E-state index contributed by atoms with van der Waals surface area (Å²) in [7, 11) is 1.68. The zero-order valence-corrected chi connectivity index (χ0v) is 19.5. The van der Waals surface area contributed by atoms with E-state index in [9.17, 15) is 0 Å². The van der Waals surface area contributed by atoms with Crippen molar-refractivity contribution in [3.05, 3.63) is 47.5 Å². The minimum Gasteiger partial charge on any atom is -0.377 e. The normalized spacial score (nSPS) is 21.5. The van der Waals surface area contributed by atoms with Crippen molar-refractivity contribution in [2.45, 2.75) is 51.8 Å². The first-order valence-corrected chi connectivity index (χ1v) is 12.0. The number of methoxy groups -OCH3 is 1. The largest absolute Gasteiger partial charge is 0.377 e. The molecule has 8 heteroatoms. The summed E-state index contributed by atoms with van der Waals surface area (Å²) in [4.78, 5) is 12.1. The van der Waals surface area contributed by atoms with E-state index < -0.39 is 0 Å². The molecule has 1 fully saturated rings. The summed E-state index contributed by atoms with van der Waals surface area (Å²) in [6.07, 6.45) is 4.31. The third kappa shape index (κ3) is 6.29. The molecule has 32 heavy (non-hydrogen) atoms. The van der Waals surface area contributed by atoms with Crippen molar-refractivity contribution in [2.24, 2.45) is 10.9 Å². The van der Waals surface area contributed by atoms with Crippen molar-refractivity contribution < 1.29 is 4.74 Å². The van der Waals surface area contributed by atoms with Gasteiger partial charge >= 0.3 is 0 Å². The lowest BCUT2D eigenvalue weighted by atomic mass is 10.1. The highest BCUT2D eigenvalue weighted by molar-refractivity contribution is 5.80. The second kappa shape index (κ2) is 11.4.